The summed E-state index contributed by atoms with van der Waals surface area (Å²) in [6, 6.07) is 0. The lowest BCUT2D eigenvalue weighted by Gasteiger charge is -1.94. The molecule has 1 aliphatic carbocycles. The van der Waals surface area contributed by atoms with E-state index in [0.717, 1.165) is 0 Å². The molecule has 0 unspecified atom stereocenters. The maximum Gasteiger partial charge on any atom is -0.0267 e. The van der Waals surface area contributed by atoms with Gasteiger partial charge in [-0.3, -0.25) is 0 Å². The Labute approximate surface area is 56.6 Å². The molecule has 0 amide bonds. The minimum absolute atomic E-state index is 1.37. The van der Waals surface area contributed by atoms with E-state index < -0.39 is 0 Å². The van der Waals surface area contributed by atoms with E-state index in [4.69, 9.17) is 0 Å². The van der Waals surface area contributed by atoms with E-state index in [1.807, 2.05) is 0 Å². The van der Waals surface area contributed by atoms with Gasteiger partial charge in [0, 0.05) is 0 Å². The number of hydrogen-bond acceptors (Lipinski definition) is 0. The lowest BCUT2D eigenvalue weighted by atomic mass is 10.1. The van der Waals surface area contributed by atoms with Crippen LogP contribution in [0.2, 0.25) is 0 Å². The van der Waals surface area contributed by atoms with Crippen LogP contribution in [0.25, 0.3) is 0 Å². The van der Waals surface area contributed by atoms with Crippen LogP contribution in [0.5, 0.6) is 0 Å². The SMILES string of the molecule is CC=C1C=CC(C)=C1C. The average molecular weight is 120 g/mol. The molecule has 0 aromatic heterocycles. The third-order valence-corrected chi connectivity index (χ3v) is 1.85. The average Bonchev–Trinajstić information content (AvgIpc) is 2.15. The molecule has 0 radical (unpaired) electrons. The third kappa shape index (κ3) is 0.973. The minimum atomic E-state index is 1.37. The van der Waals surface area contributed by atoms with Crippen molar-refractivity contribution < 1.29 is 0 Å². The van der Waals surface area contributed by atoms with Crippen LogP contribution in [0.3, 0.4) is 0 Å². The molecule has 0 bridgehead atoms. The Balaban J connectivity index is 3.01. The fraction of sp³-hybridized carbons (Fsp3) is 0.333. The highest BCUT2D eigenvalue weighted by atomic mass is 14.1. The molecule has 0 fully saturated rings. The highest BCUT2D eigenvalue weighted by molar-refractivity contribution is 5.51. The molecule has 48 valence electrons. The summed E-state index contributed by atoms with van der Waals surface area (Å²) in [5.74, 6) is 0. The van der Waals surface area contributed by atoms with Crippen LogP contribution < -0.4 is 0 Å². The molecule has 0 spiro atoms. The zero-order chi connectivity index (χ0) is 6.85. The Morgan fingerprint density at radius 2 is 1.89 bits per heavy atom. The third-order valence-electron chi connectivity index (χ3n) is 1.85. The first-order chi connectivity index (χ1) is 4.25. The van der Waals surface area contributed by atoms with E-state index in [0.29, 0.717) is 0 Å². The van der Waals surface area contributed by atoms with Crippen LogP contribution in [0.15, 0.2) is 34.9 Å². The van der Waals surface area contributed by atoms with Gasteiger partial charge in [0.25, 0.3) is 0 Å². The van der Waals surface area contributed by atoms with Crippen molar-refractivity contribution in [3.63, 3.8) is 0 Å². The van der Waals surface area contributed by atoms with Crippen LogP contribution in [0.1, 0.15) is 20.8 Å². The molecule has 0 heteroatoms. The summed E-state index contributed by atoms with van der Waals surface area (Å²) in [6.07, 6.45) is 6.46. The van der Waals surface area contributed by atoms with Crippen molar-refractivity contribution >= 4 is 0 Å². The van der Waals surface area contributed by atoms with Crippen LogP contribution in [-0.2, 0) is 0 Å². The molecule has 0 saturated heterocycles. The largest absolute Gasteiger partial charge is 0.0801 e. The quantitative estimate of drug-likeness (QED) is 0.461. The smallest absolute Gasteiger partial charge is 0.0267 e. The second-order valence-corrected chi connectivity index (χ2v) is 2.39. The van der Waals surface area contributed by atoms with Gasteiger partial charge < -0.3 is 0 Å². The van der Waals surface area contributed by atoms with Gasteiger partial charge in [-0.05, 0) is 37.5 Å². The summed E-state index contributed by atoms with van der Waals surface area (Å²) < 4.78 is 0. The highest BCUT2D eigenvalue weighted by Gasteiger charge is 2.02. The van der Waals surface area contributed by atoms with Gasteiger partial charge in [0.1, 0.15) is 0 Å². The fourth-order valence-electron chi connectivity index (χ4n) is 1.01. The van der Waals surface area contributed by atoms with Crippen molar-refractivity contribution in [2.75, 3.05) is 0 Å². The molecule has 0 aromatic carbocycles. The Kier molecular flexibility index (Phi) is 1.56. The molecule has 1 rings (SSSR count). The summed E-state index contributed by atoms with van der Waals surface area (Å²) in [4.78, 5) is 0. The van der Waals surface area contributed by atoms with Crippen molar-refractivity contribution in [1.29, 1.82) is 0 Å². The number of rotatable bonds is 0. The van der Waals surface area contributed by atoms with Crippen LogP contribution in [0, 0.1) is 0 Å². The molecule has 0 nitrogen and oxygen atoms in total. The van der Waals surface area contributed by atoms with Gasteiger partial charge in [0.05, 0.1) is 0 Å². The summed E-state index contributed by atoms with van der Waals surface area (Å²) >= 11 is 0. The molecule has 0 aromatic rings. The van der Waals surface area contributed by atoms with Crippen molar-refractivity contribution in [1.82, 2.24) is 0 Å². The second-order valence-electron chi connectivity index (χ2n) is 2.39. The van der Waals surface area contributed by atoms with E-state index in [9.17, 15) is 0 Å². The zero-order valence-corrected chi connectivity index (χ0v) is 6.23. The van der Waals surface area contributed by atoms with E-state index in [2.05, 4.69) is 39.0 Å². The van der Waals surface area contributed by atoms with Crippen molar-refractivity contribution in [3.05, 3.63) is 34.9 Å². The second kappa shape index (κ2) is 2.22. The standard InChI is InChI=1S/C9H12/c1-4-9-6-5-7(2)8(9)3/h4-6H,1-3H3. The Morgan fingerprint density at radius 1 is 1.22 bits per heavy atom. The monoisotopic (exact) mass is 120 g/mol. The normalized spacial score (nSPS) is 22.3. The Bertz CT molecular complexity index is 202. The van der Waals surface area contributed by atoms with Crippen LogP contribution >= 0.6 is 0 Å². The van der Waals surface area contributed by atoms with Crippen molar-refractivity contribution in [3.8, 4) is 0 Å². The molecule has 0 heterocycles. The maximum absolute atomic E-state index is 2.16. The predicted molar refractivity (Wildman–Crippen MR) is 41.3 cm³/mol. The van der Waals surface area contributed by atoms with E-state index >= 15 is 0 Å². The fourth-order valence-corrected chi connectivity index (χ4v) is 1.01. The summed E-state index contributed by atoms with van der Waals surface area (Å²) in [5, 5.41) is 0. The van der Waals surface area contributed by atoms with Gasteiger partial charge >= 0.3 is 0 Å². The molecular formula is C9H12. The van der Waals surface area contributed by atoms with Gasteiger partial charge in [-0.1, -0.05) is 18.2 Å². The van der Waals surface area contributed by atoms with Crippen LogP contribution in [-0.4, -0.2) is 0 Å². The first-order valence-electron chi connectivity index (χ1n) is 3.28. The molecule has 9 heavy (non-hydrogen) atoms. The molecule has 0 N–H and O–H groups in total. The lowest BCUT2D eigenvalue weighted by Crippen LogP contribution is -1.75. The molecule has 0 saturated carbocycles. The maximum atomic E-state index is 2.16. The van der Waals surface area contributed by atoms with Gasteiger partial charge in [-0.25, -0.2) is 0 Å². The highest BCUT2D eigenvalue weighted by Crippen LogP contribution is 2.22. The lowest BCUT2D eigenvalue weighted by molar-refractivity contribution is 1.37. The van der Waals surface area contributed by atoms with E-state index in [1.54, 1.807) is 0 Å². The first kappa shape index (κ1) is 6.34. The van der Waals surface area contributed by atoms with Crippen molar-refractivity contribution in [2.24, 2.45) is 0 Å². The predicted octanol–water partition coefficient (Wildman–Crippen LogP) is 2.84. The van der Waals surface area contributed by atoms with Crippen molar-refractivity contribution in [2.45, 2.75) is 20.8 Å². The van der Waals surface area contributed by atoms with E-state index in [-0.39, 0.29) is 0 Å². The molecule has 0 atom stereocenters. The van der Waals surface area contributed by atoms with Gasteiger partial charge in [-0.2, -0.15) is 0 Å². The Morgan fingerprint density at radius 3 is 2.11 bits per heavy atom. The van der Waals surface area contributed by atoms with Crippen LogP contribution in [0.4, 0.5) is 0 Å². The minimum Gasteiger partial charge on any atom is -0.0801 e. The first-order valence-corrected chi connectivity index (χ1v) is 3.28. The summed E-state index contributed by atoms with van der Waals surface area (Å²) in [6.45, 7) is 6.37. The van der Waals surface area contributed by atoms with Gasteiger partial charge in [0.15, 0.2) is 0 Å². The zero-order valence-electron chi connectivity index (χ0n) is 6.23. The summed E-state index contributed by atoms with van der Waals surface area (Å²) in [7, 11) is 0. The molecular weight excluding hydrogens is 108 g/mol. The molecule has 0 aliphatic heterocycles. The summed E-state index contributed by atoms with van der Waals surface area (Å²) in [5.41, 5.74) is 4.17. The Hall–Kier alpha value is -0.780. The number of hydrogen-bond donors (Lipinski definition) is 0. The van der Waals surface area contributed by atoms with Gasteiger partial charge in [-0.15, -0.1) is 0 Å². The van der Waals surface area contributed by atoms with E-state index in [1.165, 1.54) is 16.7 Å². The van der Waals surface area contributed by atoms with Gasteiger partial charge in [0.2, 0.25) is 0 Å². The number of allylic oxidation sites excluding steroid dienone is 6. The molecule has 1 aliphatic rings. The topological polar surface area (TPSA) is 0 Å².